The molecular weight excluding hydrogens is 418 g/mol. The average molecular weight is 454 g/mol. The van der Waals surface area contributed by atoms with Crippen LogP contribution in [0.5, 0.6) is 11.5 Å². The monoisotopic (exact) mass is 454 g/mol. The van der Waals surface area contributed by atoms with Crippen LogP contribution in [0.1, 0.15) is 47.9 Å². The van der Waals surface area contributed by atoms with Crippen LogP contribution in [-0.4, -0.2) is 45.2 Å². The van der Waals surface area contributed by atoms with Gasteiger partial charge in [0, 0.05) is 30.1 Å². The predicted octanol–water partition coefficient (Wildman–Crippen LogP) is 2.01. The first-order valence-corrected chi connectivity index (χ1v) is 11.8. The Morgan fingerprint density at radius 3 is 2.09 bits per heavy atom. The van der Waals surface area contributed by atoms with Gasteiger partial charge in [0.15, 0.2) is 5.52 Å². The van der Waals surface area contributed by atoms with E-state index in [-0.39, 0.29) is 34.4 Å². The Bertz CT molecular complexity index is 892. The summed E-state index contributed by atoms with van der Waals surface area (Å²) in [5, 5.41) is 0.871. The molecule has 0 aliphatic heterocycles. The number of ether oxygens (including phenoxy) is 4. The van der Waals surface area contributed by atoms with Crippen molar-refractivity contribution < 1.29 is 44.0 Å². The Labute approximate surface area is 208 Å². The molecule has 0 N–H and O–H groups in total. The fourth-order valence-electron chi connectivity index (χ4n) is 3.35. The minimum atomic E-state index is -0.0336. The largest absolute Gasteiger partial charge is 1.00 e. The number of benzene rings is 2. The second kappa shape index (κ2) is 14.7. The Balaban J connectivity index is 0.00000512. The summed E-state index contributed by atoms with van der Waals surface area (Å²) in [5.41, 5.74) is 5.40. The van der Waals surface area contributed by atoms with Gasteiger partial charge in [-0.15, -0.1) is 0 Å². The Morgan fingerprint density at radius 2 is 1.47 bits per heavy atom. The van der Waals surface area contributed by atoms with E-state index in [1.165, 1.54) is 11.1 Å². The van der Waals surface area contributed by atoms with Crippen LogP contribution in [-0.2, 0) is 9.47 Å². The topological polar surface area (TPSA) is 54.0 Å². The van der Waals surface area contributed by atoms with Gasteiger partial charge in [0.1, 0.15) is 24.7 Å². The van der Waals surface area contributed by atoms with Gasteiger partial charge in [0.2, 0.25) is 0 Å². The zero-order valence-electron chi connectivity index (χ0n) is 21.6. The summed E-state index contributed by atoms with van der Waals surface area (Å²) in [7, 11) is -0.0336. The van der Waals surface area contributed by atoms with Crippen LogP contribution < -0.4 is 33.6 Å². The van der Waals surface area contributed by atoms with Crippen LogP contribution in [0.4, 0.5) is 0 Å². The molecule has 0 heterocycles. The van der Waals surface area contributed by atoms with E-state index in [0.717, 1.165) is 22.0 Å². The SMILES string of the molecule is CCOCCOc1ccc(PC(=O)c2c(C)cc(C)c(C)c2C)c(OCCOCC)c1.[H-].[Li+]. The molecule has 2 aromatic carbocycles. The van der Waals surface area contributed by atoms with Crippen molar-refractivity contribution in [3.63, 3.8) is 0 Å². The number of hydrogen-bond donors (Lipinski definition) is 0. The first kappa shape index (κ1) is 28.7. The first-order chi connectivity index (χ1) is 14.9. The van der Waals surface area contributed by atoms with E-state index in [1.54, 1.807) is 0 Å². The van der Waals surface area contributed by atoms with E-state index >= 15 is 0 Å². The third kappa shape index (κ3) is 8.21. The predicted molar refractivity (Wildman–Crippen MR) is 129 cm³/mol. The third-order valence-electron chi connectivity index (χ3n) is 5.17. The van der Waals surface area contributed by atoms with Gasteiger partial charge in [-0.05, 0) is 84.5 Å². The van der Waals surface area contributed by atoms with Crippen molar-refractivity contribution in [1.29, 1.82) is 0 Å². The van der Waals surface area contributed by atoms with Gasteiger partial charge in [-0.2, -0.15) is 0 Å². The molecule has 0 spiro atoms. The maximum atomic E-state index is 13.3. The van der Waals surface area contributed by atoms with Gasteiger partial charge in [0.05, 0.1) is 13.2 Å². The van der Waals surface area contributed by atoms with Gasteiger partial charge >= 0.3 is 18.9 Å². The molecule has 0 saturated heterocycles. The van der Waals surface area contributed by atoms with E-state index in [1.807, 2.05) is 45.9 Å². The summed E-state index contributed by atoms with van der Waals surface area (Å²) in [5.74, 6) is 1.37. The number of hydrogen-bond acceptors (Lipinski definition) is 5. The number of aryl methyl sites for hydroxylation is 2. The molecular formula is C25H36LiO5P. The zero-order chi connectivity index (χ0) is 22.8. The molecule has 1 atom stereocenters. The molecule has 2 aromatic rings. The molecule has 5 nitrogen and oxygen atoms in total. The Morgan fingerprint density at radius 1 is 0.844 bits per heavy atom. The van der Waals surface area contributed by atoms with Crippen LogP contribution in [0, 0.1) is 27.7 Å². The molecule has 0 amide bonds. The normalized spacial score (nSPS) is 10.9. The summed E-state index contributed by atoms with van der Waals surface area (Å²) in [6.07, 6.45) is 0. The average Bonchev–Trinajstić information content (AvgIpc) is 2.74. The van der Waals surface area contributed by atoms with Crippen molar-refractivity contribution in [3.8, 4) is 11.5 Å². The minimum absolute atomic E-state index is 0. The molecule has 7 heteroatoms. The van der Waals surface area contributed by atoms with Gasteiger partial charge in [-0.3, -0.25) is 4.79 Å². The molecule has 0 aliphatic carbocycles. The van der Waals surface area contributed by atoms with Crippen molar-refractivity contribution >= 4 is 19.4 Å². The van der Waals surface area contributed by atoms with E-state index in [9.17, 15) is 4.79 Å². The van der Waals surface area contributed by atoms with Crippen molar-refractivity contribution in [2.75, 3.05) is 39.6 Å². The maximum Gasteiger partial charge on any atom is 1.00 e. The van der Waals surface area contributed by atoms with Gasteiger partial charge < -0.3 is 20.4 Å². The molecule has 172 valence electrons. The van der Waals surface area contributed by atoms with Crippen LogP contribution >= 0.6 is 8.58 Å². The summed E-state index contributed by atoms with van der Waals surface area (Å²) < 4.78 is 22.4. The number of carbonyl (C=O) groups is 1. The zero-order valence-corrected chi connectivity index (χ0v) is 21.6. The standard InChI is InChI=1S/C25H35O5P.Li.H/c1-7-27-11-13-29-21-9-10-23(22(16-21)30-14-12-28-8-2)31-25(26)24-18(4)15-17(3)19(5)20(24)6;;/h9-10,15-16,31H,7-8,11-14H2,1-6H3;;/q;+1;-1. The van der Waals surface area contributed by atoms with E-state index < -0.39 is 0 Å². The van der Waals surface area contributed by atoms with Crippen molar-refractivity contribution in [1.82, 2.24) is 0 Å². The van der Waals surface area contributed by atoms with Crippen molar-refractivity contribution in [3.05, 3.63) is 52.1 Å². The van der Waals surface area contributed by atoms with Crippen LogP contribution in [0.3, 0.4) is 0 Å². The summed E-state index contributed by atoms with van der Waals surface area (Å²) in [4.78, 5) is 13.3. The molecule has 0 aromatic heterocycles. The molecule has 0 fully saturated rings. The second-order valence-electron chi connectivity index (χ2n) is 7.34. The Kier molecular flexibility index (Phi) is 13.2. The second-order valence-corrected chi connectivity index (χ2v) is 8.58. The molecule has 32 heavy (non-hydrogen) atoms. The fourth-order valence-corrected chi connectivity index (χ4v) is 4.54. The number of rotatable bonds is 13. The van der Waals surface area contributed by atoms with E-state index in [0.29, 0.717) is 51.1 Å². The van der Waals surface area contributed by atoms with E-state index in [4.69, 9.17) is 18.9 Å². The van der Waals surface area contributed by atoms with Crippen LogP contribution in [0.15, 0.2) is 24.3 Å². The van der Waals surface area contributed by atoms with Gasteiger partial charge in [0.25, 0.3) is 0 Å². The molecule has 1 unspecified atom stereocenters. The fraction of sp³-hybridized carbons (Fsp3) is 0.480. The third-order valence-corrected chi connectivity index (χ3v) is 6.33. The molecule has 0 saturated carbocycles. The van der Waals surface area contributed by atoms with Gasteiger partial charge in [-0.1, -0.05) is 6.07 Å². The molecule has 0 bridgehead atoms. The van der Waals surface area contributed by atoms with Crippen LogP contribution in [0.25, 0.3) is 0 Å². The first-order valence-electron chi connectivity index (χ1n) is 10.8. The van der Waals surface area contributed by atoms with Gasteiger partial charge in [-0.25, -0.2) is 0 Å². The summed E-state index contributed by atoms with van der Waals surface area (Å²) in [6.45, 7) is 15.3. The quantitative estimate of drug-likeness (QED) is 0.263. The van der Waals surface area contributed by atoms with Crippen molar-refractivity contribution in [2.24, 2.45) is 0 Å². The maximum absolute atomic E-state index is 13.3. The number of carbonyl (C=O) groups excluding carboxylic acids is 1. The summed E-state index contributed by atoms with van der Waals surface area (Å²) in [6, 6.07) is 7.76. The van der Waals surface area contributed by atoms with E-state index in [2.05, 4.69) is 19.9 Å². The molecule has 2 rings (SSSR count). The summed E-state index contributed by atoms with van der Waals surface area (Å²) >= 11 is 0. The Hall–Kier alpha value is -1.34. The van der Waals surface area contributed by atoms with Crippen LogP contribution in [0.2, 0.25) is 0 Å². The molecule has 0 radical (unpaired) electrons. The minimum Gasteiger partial charge on any atom is -1.00 e. The smallest absolute Gasteiger partial charge is 1.00 e. The van der Waals surface area contributed by atoms with Crippen molar-refractivity contribution in [2.45, 2.75) is 41.5 Å². The molecule has 0 aliphatic rings.